The summed E-state index contributed by atoms with van der Waals surface area (Å²) < 4.78 is 13.3. The molecule has 4 saturated carbocycles. The van der Waals surface area contributed by atoms with Crippen LogP contribution >= 0.6 is 11.8 Å². The van der Waals surface area contributed by atoms with Gasteiger partial charge in [-0.15, -0.1) is 11.8 Å². The second-order valence-electron chi connectivity index (χ2n) is 7.70. The van der Waals surface area contributed by atoms with Crippen LogP contribution in [0, 0.1) is 29.0 Å². The highest BCUT2D eigenvalue weighted by Gasteiger charge is 2.50. The predicted octanol–water partition coefficient (Wildman–Crippen LogP) is 5.11. The summed E-state index contributed by atoms with van der Waals surface area (Å²) in [4.78, 5) is 0.916. The Morgan fingerprint density at radius 1 is 1.10 bits per heavy atom. The molecule has 0 heterocycles. The van der Waals surface area contributed by atoms with Gasteiger partial charge in [-0.3, -0.25) is 0 Å². The van der Waals surface area contributed by atoms with Crippen molar-refractivity contribution in [1.82, 2.24) is 0 Å². The molecule has 0 saturated heterocycles. The quantitative estimate of drug-likeness (QED) is 0.618. The Morgan fingerprint density at radius 2 is 1.71 bits per heavy atom. The molecular weight excluding hydrogens is 281 g/mol. The minimum atomic E-state index is -0.179. The third-order valence-electron chi connectivity index (χ3n) is 6.03. The highest BCUT2D eigenvalue weighted by molar-refractivity contribution is 7.99. The zero-order chi connectivity index (χ0) is 14.4. The minimum Gasteiger partial charge on any atom is -0.398 e. The number of hydrogen-bond donors (Lipinski definition) is 1. The van der Waals surface area contributed by atoms with Crippen molar-refractivity contribution in [3.63, 3.8) is 0 Å². The molecule has 0 aromatic heterocycles. The fourth-order valence-electron chi connectivity index (χ4n) is 5.61. The van der Waals surface area contributed by atoms with Gasteiger partial charge in [0.2, 0.25) is 0 Å². The van der Waals surface area contributed by atoms with Crippen molar-refractivity contribution in [2.75, 3.05) is 11.5 Å². The van der Waals surface area contributed by atoms with Crippen molar-refractivity contribution in [3.8, 4) is 0 Å². The van der Waals surface area contributed by atoms with Crippen LogP contribution in [0.2, 0.25) is 0 Å². The van der Waals surface area contributed by atoms with Gasteiger partial charge in [0.1, 0.15) is 5.82 Å². The summed E-state index contributed by atoms with van der Waals surface area (Å²) in [6, 6.07) is 4.71. The zero-order valence-corrected chi connectivity index (χ0v) is 13.3. The van der Waals surface area contributed by atoms with Crippen molar-refractivity contribution in [1.29, 1.82) is 0 Å². The van der Waals surface area contributed by atoms with Gasteiger partial charge in [-0.25, -0.2) is 4.39 Å². The van der Waals surface area contributed by atoms with E-state index < -0.39 is 0 Å². The largest absolute Gasteiger partial charge is 0.398 e. The Kier molecular flexibility index (Phi) is 3.44. The monoisotopic (exact) mass is 305 g/mol. The molecule has 0 spiro atoms. The lowest BCUT2D eigenvalue weighted by Crippen LogP contribution is -2.46. The van der Waals surface area contributed by atoms with Gasteiger partial charge < -0.3 is 5.73 Å². The van der Waals surface area contributed by atoms with Gasteiger partial charge in [-0.2, -0.15) is 0 Å². The van der Waals surface area contributed by atoms with Crippen LogP contribution in [0.5, 0.6) is 0 Å². The van der Waals surface area contributed by atoms with Crippen molar-refractivity contribution in [2.45, 2.75) is 49.8 Å². The van der Waals surface area contributed by atoms with Gasteiger partial charge in [0, 0.05) is 10.6 Å². The number of hydrogen-bond acceptors (Lipinski definition) is 2. The number of halogens is 1. The predicted molar refractivity (Wildman–Crippen MR) is 86.8 cm³/mol. The summed E-state index contributed by atoms with van der Waals surface area (Å²) in [6.45, 7) is 0. The molecule has 1 nitrogen and oxygen atoms in total. The topological polar surface area (TPSA) is 26.0 Å². The maximum atomic E-state index is 13.3. The number of thioether (sulfide) groups is 1. The third-order valence-corrected chi connectivity index (χ3v) is 7.10. The molecule has 1 aromatic carbocycles. The van der Waals surface area contributed by atoms with Crippen LogP contribution in [0.15, 0.2) is 23.1 Å². The van der Waals surface area contributed by atoms with Gasteiger partial charge in [-0.05, 0) is 92.1 Å². The van der Waals surface area contributed by atoms with E-state index in [1.165, 1.54) is 51.0 Å². The molecule has 0 radical (unpaired) electrons. The van der Waals surface area contributed by atoms with Gasteiger partial charge in [0.25, 0.3) is 0 Å². The van der Waals surface area contributed by atoms with E-state index in [1.54, 1.807) is 23.9 Å². The molecule has 114 valence electrons. The van der Waals surface area contributed by atoms with Gasteiger partial charge in [-0.1, -0.05) is 0 Å². The Balaban J connectivity index is 1.40. The summed E-state index contributed by atoms with van der Waals surface area (Å²) >= 11 is 1.75. The van der Waals surface area contributed by atoms with E-state index in [1.807, 2.05) is 0 Å². The highest BCUT2D eigenvalue weighted by Crippen LogP contribution is 2.61. The average Bonchev–Trinajstić information content (AvgIpc) is 2.41. The van der Waals surface area contributed by atoms with Crippen LogP contribution in [-0.2, 0) is 0 Å². The first-order valence-electron chi connectivity index (χ1n) is 8.30. The minimum absolute atomic E-state index is 0.179. The summed E-state index contributed by atoms with van der Waals surface area (Å²) in [7, 11) is 0. The maximum Gasteiger partial charge on any atom is 0.124 e. The normalized spacial score (nSPS) is 37.1. The Labute approximate surface area is 130 Å². The molecule has 5 rings (SSSR count). The summed E-state index contributed by atoms with van der Waals surface area (Å²) in [5.41, 5.74) is 7.28. The SMILES string of the molecule is Nc1ccc(F)cc1SCCC12CC3CC(CC(C3)C1)C2. The van der Waals surface area contributed by atoms with E-state index >= 15 is 0 Å². The number of nitrogen functional groups attached to an aromatic ring is 1. The number of benzene rings is 1. The van der Waals surface area contributed by atoms with Gasteiger partial charge >= 0.3 is 0 Å². The lowest BCUT2D eigenvalue weighted by Gasteiger charge is -2.57. The molecule has 0 atom stereocenters. The van der Waals surface area contributed by atoms with Crippen LogP contribution in [0.25, 0.3) is 0 Å². The van der Waals surface area contributed by atoms with E-state index in [-0.39, 0.29) is 5.82 Å². The first-order valence-corrected chi connectivity index (χ1v) is 9.28. The van der Waals surface area contributed by atoms with E-state index in [0.717, 1.165) is 28.4 Å². The summed E-state index contributed by atoms with van der Waals surface area (Å²) in [5, 5.41) is 0. The molecule has 1 aromatic rings. The Bertz CT molecular complexity index is 507. The molecule has 4 aliphatic carbocycles. The molecule has 3 heteroatoms. The fraction of sp³-hybridized carbons (Fsp3) is 0.667. The molecule has 4 aliphatic rings. The number of anilines is 1. The van der Waals surface area contributed by atoms with E-state index in [0.29, 0.717) is 11.1 Å². The second-order valence-corrected chi connectivity index (χ2v) is 8.83. The van der Waals surface area contributed by atoms with Crippen LogP contribution < -0.4 is 5.73 Å². The molecule has 2 N–H and O–H groups in total. The van der Waals surface area contributed by atoms with Crippen molar-refractivity contribution in [3.05, 3.63) is 24.0 Å². The molecule has 4 fully saturated rings. The van der Waals surface area contributed by atoms with Crippen molar-refractivity contribution < 1.29 is 4.39 Å². The smallest absolute Gasteiger partial charge is 0.124 e. The Morgan fingerprint density at radius 3 is 2.33 bits per heavy atom. The molecule has 4 bridgehead atoms. The van der Waals surface area contributed by atoms with E-state index in [4.69, 9.17) is 5.73 Å². The zero-order valence-electron chi connectivity index (χ0n) is 12.5. The van der Waals surface area contributed by atoms with E-state index in [9.17, 15) is 4.39 Å². The average molecular weight is 305 g/mol. The van der Waals surface area contributed by atoms with Crippen LogP contribution in [0.3, 0.4) is 0 Å². The lowest BCUT2D eigenvalue weighted by atomic mass is 9.49. The number of rotatable bonds is 4. The van der Waals surface area contributed by atoms with Crippen LogP contribution in [-0.4, -0.2) is 5.75 Å². The lowest BCUT2D eigenvalue weighted by molar-refractivity contribution is -0.0538. The van der Waals surface area contributed by atoms with Crippen molar-refractivity contribution in [2.24, 2.45) is 23.2 Å². The van der Waals surface area contributed by atoms with Gasteiger partial charge in [0.15, 0.2) is 0 Å². The maximum absolute atomic E-state index is 13.3. The third kappa shape index (κ3) is 2.69. The molecule has 21 heavy (non-hydrogen) atoms. The fourth-order valence-corrected chi connectivity index (χ4v) is 6.79. The van der Waals surface area contributed by atoms with Crippen molar-refractivity contribution >= 4 is 17.4 Å². The number of nitrogens with two attached hydrogens (primary N) is 1. The second kappa shape index (κ2) is 5.19. The molecule has 0 aliphatic heterocycles. The summed E-state index contributed by atoms with van der Waals surface area (Å²) in [5.74, 6) is 3.95. The first-order chi connectivity index (χ1) is 10.1. The molecular formula is C18H24FNS. The van der Waals surface area contributed by atoms with Gasteiger partial charge in [0.05, 0.1) is 0 Å². The highest BCUT2D eigenvalue weighted by atomic mass is 32.2. The first kappa shape index (κ1) is 13.9. The van der Waals surface area contributed by atoms with Crippen LogP contribution in [0.1, 0.15) is 44.9 Å². The van der Waals surface area contributed by atoms with E-state index in [2.05, 4.69) is 0 Å². The van der Waals surface area contributed by atoms with Crippen LogP contribution in [0.4, 0.5) is 10.1 Å². The standard InChI is InChI=1S/C18H24FNS/c19-15-1-2-16(20)17(8-15)21-4-3-18-9-12-5-13(10-18)7-14(6-12)11-18/h1-2,8,12-14H,3-7,9-11,20H2. The Hall–Kier alpha value is -0.700. The molecule has 0 unspecified atom stereocenters. The molecule has 0 amide bonds. The summed E-state index contributed by atoms with van der Waals surface area (Å²) in [6.07, 6.45) is 10.2.